The minimum absolute atomic E-state index is 0.0737. The summed E-state index contributed by atoms with van der Waals surface area (Å²) in [6.45, 7) is 5.34. The third-order valence-electron chi connectivity index (χ3n) is 5.48. The van der Waals surface area contributed by atoms with Gasteiger partial charge >= 0.3 is 0 Å². The van der Waals surface area contributed by atoms with Gasteiger partial charge in [0.05, 0.1) is 22.9 Å². The Morgan fingerprint density at radius 3 is 2.57 bits per heavy atom. The molecular formula is C24H22BrCl2N5O3. The van der Waals surface area contributed by atoms with Crippen LogP contribution in [-0.2, 0) is 22.7 Å². The Hall–Kier alpha value is -2.90. The van der Waals surface area contributed by atoms with Crippen molar-refractivity contribution >= 4 is 51.3 Å². The fourth-order valence-electron chi connectivity index (χ4n) is 3.74. The molecule has 0 radical (unpaired) electrons. The van der Waals surface area contributed by atoms with Crippen LogP contribution in [0.3, 0.4) is 0 Å². The number of hydrazone groups is 1. The van der Waals surface area contributed by atoms with Gasteiger partial charge in [-0.1, -0.05) is 23.2 Å². The van der Waals surface area contributed by atoms with Crippen LogP contribution in [0.5, 0.6) is 0 Å². The Balaban J connectivity index is 1.80. The van der Waals surface area contributed by atoms with Gasteiger partial charge in [-0.15, -0.1) is 0 Å². The minimum atomic E-state index is -0.565. The summed E-state index contributed by atoms with van der Waals surface area (Å²) in [6.07, 6.45) is 1.53. The molecule has 35 heavy (non-hydrogen) atoms. The first kappa shape index (κ1) is 26.7. The number of halogens is 3. The lowest BCUT2D eigenvalue weighted by Gasteiger charge is -2.15. The molecule has 0 atom stereocenters. The number of aromatic nitrogens is 2. The average Bonchev–Trinajstić information content (AvgIpc) is 3.10. The highest BCUT2D eigenvalue weighted by atomic mass is 79.9. The third kappa shape index (κ3) is 5.52. The van der Waals surface area contributed by atoms with Crippen molar-refractivity contribution in [3.63, 3.8) is 0 Å². The highest BCUT2D eigenvalue weighted by molar-refractivity contribution is 9.10. The number of pyridine rings is 1. The monoisotopic (exact) mass is 577 g/mol. The molecule has 0 bridgehead atoms. The van der Waals surface area contributed by atoms with Gasteiger partial charge in [0.2, 0.25) is 0 Å². The van der Waals surface area contributed by atoms with E-state index < -0.39 is 11.5 Å². The molecule has 2 heterocycles. The molecule has 2 aromatic heterocycles. The molecule has 0 saturated heterocycles. The summed E-state index contributed by atoms with van der Waals surface area (Å²) in [5, 5.41) is 14.4. The number of carbonyl (C=O) groups is 1. The van der Waals surface area contributed by atoms with Crippen LogP contribution in [0.25, 0.3) is 5.69 Å². The number of nitrogens with one attached hydrogen (secondary N) is 1. The third-order valence-corrected chi connectivity index (χ3v) is 7.27. The zero-order valence-electron chi connectivity index (χ0n) is 19.4. The molecule has 0 spiro atoms. The Labute approximate surface area is 220 Å². The predicted octanol–water partition coefficient (Wildman–Crippen LogP) is 4.80. The normalized spacial score (nSPS) is 11.1. The number of rotatable bonds is 7. The van der Waals surface area contributed by atoms with Gasteiger partial charge in [0.25, 0.3) is 11.5 Å². The molecule has 8 nitrogen and oxygen atoms in total. The minimum Gasteiger partial charge on any atom is -0.380 e. The Bertz CT molecular complexity index is 1440. The Morgan fingerprint density at radius 2 is 1.94 bits per heavy atom. The van der Waals surface area contributed by atoms with Crippen LogP contribution in [0.15, 0.2) is 38.6 Å². The van der Waals surface area contributed by atoms with Crippen molar-refractivity contribution in [2.45, 2.75) is 33.9 Å². The van der Waals surface area contributed by atoms with Crippen LogP contribution < -0.4 is 11.0 Å². The molecule has 0 aliphatic heterocycles. The van der Waals surface area contributed by atoms with Gasteiger partial charge in [0.1, 0.15) is 18.2 Å². The van der Waals surface area contributed by atoms with Crippen LogP contribution in [0.4, 0.5) is 0 Å². The SMILES string of the molecule is COCc1c(Br)c(C)n(CC(=O)N/N=C/c2cc(C)n(-c3ccc(Cl)c(Cl)c3)c2C)c(=O)c1C#N. The molecule has 0 saturated carbocycles. The van der Waals surface area contributed by atoms with E-state index in [9.17, 15) is 14.9 Å². The largest absolute Gasteiger partial charge is 0.380 e. The van der Waals surface area contributed by atoms with Gasteiger partial charge in [-0.25, -0.2) is 5.43 Å². The van der Waals surface area contributed by atoms with Gasteiger partial charge in [-0.05, 0) is 61.0 Å². The van der Waals surface area contributed by atoms with Crippen molar-refractivity contribution in [2.75, 3.05) is 7.11 Å². The van der Waals surface area contributed by atoms with Crippen molar-refractivity contribution < 1.29 is 9.53 Å². The van der Waals surface area contributed by atoms with Gasteiger partial charge in [0, 0.05) is 45.5 Å². The predicted molar refractivity (Wildman–Crippen MR) is 140 cm³/mol. The maximum absolute atomic E-state index is 12.8. The van der Waals surface area contributed by atoms with Crippen LogP contribution in [0.2, 0.25) is 10.0 Å². The molecule has 0 aliphatic rings. The molecule has 11 heteroatoms. The van der Waals surface area contributed by atoms with Crippen molar-refractivity contribution in [1.82, 2.24) is 14.6 Å². The molecule has 1 aromatic carbocycles. The molecule has 1 N–H and O–H groups in total. The second-order valence-corrected chi connectivity index (χ2v) is 9.35. The van der Waals surface area contributed by atoms with E-state index in [0.29, 0.717) is 25.8 Å². The summed E-state index contributed by atoms with van der Waals surface area (Å²) < 4.78 is 8.86. The average molecular weight is 579 g/mol. The van der Waals surface area contributed by atoms with Gasteiger partial charge in [0.15, 0.2) is 0 Å². The Kier molecular flexibility index (Phi) is 8.56. The molecule has 3 aromatic rings. The number of ether oxygens (including phenoxy) is 1. The summed E-state index contributed by atoms with van der Waals surface area (Å²) in [4.78, 5) is 25.3. The lowest BCUT2D eigenvalue weighted by Crippen LogP contribution is -2.33. The summed E-state index contributed by atoms with van der Waals surface area (Å²) in [6, 6.07) is 9.20. The number of nitriles is 1. The van der Waals surface area contributed by atoms with Crippen LogP contribution in [0.1, 0.15) is 33.8 Å². The maximum atomic E-state index is 12.8. The molecule has 0 unspecified atom stereocenters. The van der Waals surface area contributed by atoms with E-state index in [0.717, 1.165) is 22.6 Å². The van der Waals surface area contributed by atoms with E-state index >= 15 is 0 Å². The maximum Gasteiger partial charge on any atom is 0.269 e. The topological polar surface area (TPSA) is 101 Å². The van der Waals surface area contributed by atoms with E-state index in [1.807, 2.05) is 36.6 Å². The first-order valence-corrected chi connectivity index (χ1v) is 11.9. The van der Waals surface area contributed by atoms with Crippen molar-refractivity contribution in [3.05, 3.63) is 82.9 Å². The number of carbonyl (C=O) groups excluding carboxylic acids is 1. The van der Waals surface area contributed by atoms with Crippen LogP contribution in [-0.4, -0.2) is 28.4 Å². The highest BCUT2D eigenvalue weighted by Gasteiger charge is 2.19. The number of amides is 1. The number of benzene rings is 1. The molecule has 182 valence electrons. The zero-order valence-corrected chi connectivity index (χ0v) is 22.5. The smallest absolute Gasteiger partial charge is 0.269 e. The van der Waals surface area contributed by atoms with E-state index in [1.54, 1.807) is 19.1 Å². The summed E-state index contributed by atoms with van der Waals surface area (Å²) in [5.74, 6) is -0.514. The zero-order chi connectivity index (χ0) is 25.9. The highest BCUT2D eigenvalue weighted by Crippen LogP contribution is 2.27. The fraction of sp³-hybridized carbons (Fsp3) is 0.250. The first-order valence-electron chi connectivity index (χ1n) is 10.4. The lowest BCUT2D eigenvalue weighted by molar-refractivity contribution is -0.121. The molecule has 0 aliphatic carbocycles. The Morgan fingerprint density at radius 1 is 1.23 bits per heavy atom. The molecule has 1 amide bonds. The van der Waals surface area contributed by atoms with Crippen LogP contribution in [0, 0.1) is 32.1 Å². The summed E-state index contributed by atoms with van der Waals surface area (Å²) in [7, 11) is 1.47. The standard InChI is InChI=1S/C24H22BrCl2N5O3/c1-13-7-16(14(2)32(13)17-5-6-20(26)21(27)8-17)10-29-30-22(33)11-31-15(3)23(25)19(12-35-4)18(9-28)24(31)34/h5-8,10H,11-12H2,1-4H3,(H,30,33)/b29-10+. The number of hydrogen-bond donors (Lipinski definition) is 1. The number of aryl methyl sites for hydroxylation is 1. The van der Waals surface area contributed by atoms with Gasteiger partial charge < -0.3 is 13.9 Å². The fourth-order valence-corrected chi connectivity index (χ4v) is 4.56. The summed E-state index contributed by atoms with van der Waals surface area (Å²) in [5.41, 5.74) is 6.24. The van der Waals surface area contributed by atoms with Gasteiger partial charge in [-0.2, -0.15) is 10.4 Å². The number of nitrogens with zero attached hydrogens (tertiary/aromatic N) is 4. The van der Waals surface area contributed by atoms with Crippen molar-refractivity contribution in [2.24, 2.45) is 5.10 Å². The van der Waals surface area contributed by atoms with E-state index in [1.165, 1.54) is 17.9 Å². The van der Waals surface area contributed by atoms with E-state index in [4.69, 9.17) is 27.9 Å². The van der Waals surface area contributed by atoms with Gasteiger partial charge in [-0.3, -0.25) is 9.59 Å². The first-order chi connectivity index (χ1) is 16.6. The number of hydrogen-bond acceptors (Lipinski definition) is 5. The van der Waals surface area contributed by atoms with Crippen molar-refractivity contribution in [1.29, 1.82) is 5.26 Å². The second kappa shape index (κ2) is 11.2. The van der Waals surface area contributed by atoms with Crippen molar-refractivity contribution in [3.8, 4) is 11.8 Å². The quantitative estimate of drug-likeness (QED) is 0.321. The summed E-state index contributed by atoms with van der Waals surface area (Å²) >= 11 is 15.6. The second-order valence-electron chi connectivity index (χ2n) is 7.74. The molecule has 3 rings (SSSR count). The molecular weight excluding hydrogens is 557 g/mol. The number of methoxy groups -OCH3 is 1. The lowest BCUT2D eigenvalue weighted by atomic mass is 10.1. The van der Waals surface area contributed by atoms with E-state index in [-0.39, 0.29) is 18.7 Å². The van der Waals surface area contributed by atoms with E-state index in [2.05, 4.69) is 26.5 Å². The molecule has 0 fully saturated rings. The van der Waals surface area contributed by atoms with Crippen LogP contribution >= 0.6 is 39.1 Å².